The molecular weight excluding hydrogens is 454 g/mol. The molecule has 4 rings (SSSR count). The van der Waals surface area contributed by atoms with Crippen molar-refractivity contribution in [3.8, 4) is 17.4 Å². The number of rotatable bonds is 9. The van der Waals surface area contributed by atoms with Gasteiger partial charge in [0, 0.05) is 43.9 Å². The van der Waals surface area contributed by atoms with Crippen molar-refractivity contribution < 1.29 is 19.1 Å². The van der Waals surface area contributed by atoms with E-state index in [9.17, 15) is 9.59 Å². The molecule has 1 aromatic heterocycles. The Hall–Kier alpha value is -4.13. The number of hydrogen-bond donors (Lipinski definition) is 1. The maximum atomic E-state index is 12.7. The molecule has 0 unspecified atom stereocenters. The Kier molecular flexibility index (Phi) is 8.70. The number of aromatic nitrogens is 1. The van der Waals surface area contributed by atoms with Crippen LogP contribution in [0.15, 0.2) is 79.0 Å². The molecule has 2 heterocycles. The number of carbonyl (C=O) groups excluding carboxylic acids is 2. The van der Waals surface area contributed by atoms with Gasteiger partial charge < -0.3 is 19.7 Å². The Bertz CT molecular complexity index is 1170. The van der Waals surface area contributed by atoms with Crippen molar-refractivity contribution in [1.29, 1.82) is 0 Å². The largest absolute Gasteiger partial charge is 0.490 e. The summed E-state index contributed by atoms with van der Waals surface area (Å²) in [6.07, 6.45) is 6.43. The third-order valence-electron chi connectivity index (χ3n) is 6.02. The van der Waals surface area contributed by atoms with Crippen molar-refractivity contribution >= 4 is 17.9 Å². The molecule has 0 atom stereocenters. The number of amides is 2. The number of nitrogens with zero attached hydrogens (tertiary/aromatic N) is 2. The van der Waals surface area contributed by atoms with Crippen molar-refractivity contribution in [1.82, 2.24) is 15.2 Å². The summed E-state index contributed by atoms with van der Waals surface area (Å²) in [5, 5.41) is 3.00. The molecular formula is C29H31N3O4. The number of pyridine rings is 1. The van der Waals surface area contributed by atoms with E-state index in [0.717, 1.165) is 11.1 Å². The van der Waals surface area contributed by atoms with E-state index in [1.54, 1.807) is 23.2 Å². The zero-order chi connectivity index (χ0) is 25.2. The average molecular weight is 486 g/mol. The highest BCUT2D eigenvalue weighted by atomic mass is 16.5. The summed E-state index contributed by atoms with van der Waals surface area (Å²) >= 11 is 0. The zero-order valence-corrected chi connectivity index (χ0v) is 20.4. The van der Waals surface area contributed by atoms with Crippen LogP contribution in [-0.2, 0) is 16.1 Å². The standard InChI is InChI=1S/C29H31N3O4/c1-2-35-25-10-6-7-11-26(25)36-27-14-12-23(20-30-27)21-31-29(34)24-16-18-32(19-17-24)28(33)15-13-22-8-4-3-5-9-22/h3-15,20,24H,2,16-19,21H2,1H3,(H,31,34). The van der Waals surface area contributed by atoms with Gasteiger partial charge in [0.1, 0.15) is 0 Å². The molecule has 0 radical (unpaired) electrons. The minimum Gasteiger partial charge on any atom is -0.490 e. The first-order valence-corrected chi connectivity index (χ1v) is 12.3. The van der Waals surface area contributed by atoms with Crippen molar-refractivity contribution in [2.45, 2.75) is 26.3 Å². The lowest BCUT2D eigenvalue weighted by Gasteiger charge is -2.30. The summed E-state index contributed by atoms with van der Waals surface area (Å²) in [5.74, 6) is 1.61. The van der Waals surface area contributed by atoms with E-state index in [1.165, 1.54) is 0 Å². The number of ether oxygens (including phenoxy) is 2. The minimum absolute atomic E-state index is 0.00731. The predicted octanol–water partition coefficient (Wildman–Crippen LogP) is 4.84. The number of benzene rings is 2. The number of para-hydroxylation sites is 2. The van der Waals surface area contributed by atoms with Crippen molar-refractivity contribution in [2.24, 2.45) is 5.92 Å². The molecule has 3 aromatic rings. The van der Waals surface area contributed by atoms with Gasteiger partial charge in [-0.3, -0.25) is 9.59 Å². The van der Waals surface area contributed by atoms with Crippen molar-refractivity contribution in [2.75, 3.05) is 19.7 Å². The van der Waals surface area contributed by atoms with Crippen LogP contribution in [0.25, 0.3) is 6.08 Å². The lowest BCUT2D eigenvalue weighted by molar-refractivity contribution is -0.132. The van der Waals surface area contributed by atoms with Gasteiger partial charge in [0.25, 0.3) is 0 Å². The van der Waals surface area contributed by atoms with Gasteiger partial charge >= 0.3 is 0 Å². The molecule has 7 heteroatoms. The molecule has 1 saturated heterocycles. The number of likely N-dealkylation sites (tertiary alicyclic amines) is 1. The van der Waals surface area contributed by atoms with Crippen molar-refractivity contribution in [3.63, 3.8) is 0 Å². The smallest absolute Gasteiger partial charge is 0.246 e. The van der Waals surface area contributed by atoms with Crippen LogP contribution in [0.3, 0.4) is 0 Å². The molecule has 1 fully saturated rings. The lowest BCUT2D eigenvalue weighted by atomic mass is 9.95. The molecule has 0 saturated carbocycles. The first-order chi connectivity index (χ1) is 17.6. The van der Waals surface area contributed by atoms with Crippen LogP contribution in [0.2, 0.25) is 0 Å². The Morgan fingerprint density at radius 3 is 2.42 bits per heavy atom. The van der Waals surface area contributed by atoms with Gasteiger partial charge in [-0.2, -0.15) is 0 Å². The van der Waals surface area contributed by atoms with E-state index < -0.39 is 0 Å². The predicted molar refractivity (Wildman–Crippen MR) is 139 cm³/mol. The van der Waals surface area contributed by atoms with Gasteiger partial charge in [0.15, 0.2) is 11.5 Å². The van der Waals surface area contributed by atoms with Gasteiger partial charge in [-0.25, -0.2) is 4.98 Å². The Morgan fingerprint density at radius 2 is 1.72 bits per heavy atom. The summed E-state index contributed by atoms with van der Waals surface area (Å²) in [5.41, 5.74) is 1.87. The van der Waals surface area contributed by atoms with Gasteiger partial charge in [-0.05, 0) is 49.1 Å². The normalized spacial score (nSPS) is 14.0. The molecule has 0 aliphatic carbocycles. The number of nitrogens with one attached hydrogen (secondary N) is 1. The molecule has 7 nitrogen and oxygen atoms in total. The first-order valence-electron chi connectivity index (χ1n) is 12.3. The summed E-state index contributed by atoms with van der Waals surface area (Å²) in [7, 11) is 0. The van der Waals surface area contributed by atoms with Crippen LogP contribution >= 0.6 is 0 Å². The maximum absolute atomic E-state index is 12.7. The number of piperidine rings is 1. The average Bonchev–Trinajstić information content (AvgIpc) is 2.93. The summed E-state index contributed by atoms with van der Waals surface area (Å²) in [6, 6.07) is 20.8. The number of hydrogen-bond acceptors (Lipinski definition) is 5. The molecule has 186 valence electrons. The summed E-state index contributed by atoms with van der Waals surface area (Å²) < 4.78 is 11.4. The van der Waals surface area contributed by atoms with Gasteiger partial charge in [-0.15, -0.1) is 0 Å². The monoisotopic (exact) mass is 485 g/mol. The fraction of sp³-hybridized carbons (Fsp3) is 0.276. The Balaban J connectivity index is 1.21. The van der Waals surface area contributed by atoms with Crippen LogP contribution in [0.5, 0.6) is 17.4 Å². The van der Waals surface area contributed by atoms with Crippen LogP contribution < -0.4 is 14.8 Å². The van der Waals surface area contributed by atoms with Gasteiger partial charge in [-0.1, -0.05) is 48.5 Å². The topological polar surface area (TPSA) is 80.8 Å². The van der Waals surface area contributed by atoms with E-state index in [2.05, 4.69) is 10.3 Å². The SMILES string of the molecule is CCOc1ccccc1Oc1ccc(CNC(=O)C2CCN(C(=O)C=Cc3ccccc3)CC2)cn1. The highest BCUT2D eigenvalue weighted by Crippen LogP contribution is 2.30. The van der Waals surface area contributed by atoms with Crippen LogP contribution in [0.4, 0.5) is 0 Å². The molecule has 1 aliphatic heterocycles. The molecule has 0 bridgehead atoms. The second-order valence-electron chi connectivity index (χ2n) is 8.55. The minimum atomic E-state index is -0.0993. The fourth-order valence-corrected chi connectivity index (χ4v) is 4.03. The molecule has 1 aliphatic rings. The van der Waals surface area contributed by atoms with Crippen molar-refractivity contribution in [3.05, 3.63) is 90.1 Å². The second kappa shape index (κ2) is 12.5. The van der Waals surface area contributed by atoms with Crippen LogP contribution in [0.1, 0.15) is 30.9 Å². The maximum Gasteiger partial charge on any atom is 0.246 e. The quantitative estimate of drug-likeness (QED) is 0.439. The molecule has 2 amide bonds. The number of carbonyl (C=O) groups is 2. The molecule has 2 aromatic carbocycles. The highest BCUT2D eigenvalue weighted by Gasteiger charge is 2.26. The fourth-order valence-electron chi connectivity index (χ4n) is 4.03. The second-order valence-corrected chi connectivity index (χ2v) is 8.55. The Morgan fingerprint density at radius 1 is 1.00 bits per heavy atom. The molecule has 0 spiro atoms. The molecule has 1 N–H and O–H groups in total. The van der Waals surface area contributed by atoms with Gasteiger partial charge in [0.2, 0.25) is 17.7 Å². The lowest BCUT2D eigenvalue weighted by Crippen LogP contribution is -2.42. The zero-order valence-electron chi connectivity index (χ0n) is 20.4. The third-order valence-corrected chi connectivity index (χ3v) is 6.02. The molecule has 36 heavy (non-hydrogen) atoms. The van der Waals surface area contributed by atoms with E-state index in [1.807, 2.05) is 73.7 Å². The van der Waals surface area contributed by atoms with Gasteiger partial charge in [0.05, 0.1) is 6.61 Å². The first kappa shape index (κ1) is 25.0. The van der Waals surface area contributed by atoms with E-state index in [0.29, 0.717) is 56.5 Å². The third kappa shape index (κ3) is 6.95. The summed E-state index contributed by atoms with van der Waals surface area (Å²) in [6.45, 7) is 4.01. The van der Waals surface area contributed by atoms with Crippen LogP contribution in [-0.4, -0.2) is 41.4 Å². The van der Waals surface area contributed by atoms with E-state index in [4.69, 9.17) is 9.47 Å². The Labute approximate surface area is 211 Å². The van der Waals surface area contributed by atoms with E-state index >= 15 is 0 Å². The highest BCUT2D eigenvalue weighted by molar-refractivity contribution is 5.92. The van der Waals surface area contributed by atoms with Crippen LogP contribution in [0, 0.1) is 5.92 Å². The van der Waals surface area contributed by atoms with E-state index in [-0.39, 0.29) is 17.7 Å². The summed E-state index contributed by atoms with van der Waals surface area (Å²) in [4.78, 5) is 31.3.